The molecule has 0 aliphatic heterocycles. The van der Waals surface area contributed by atoms with Crippen molar-refractivity contribution in [2.45, 2.75) is 0 Å². The van der Waals surface area contributed by atoms with E-state index in [0.717, 1.165) is 14.6 Å². The Morgan fingerprint density at radius 2 is 1.67 bits per heavy atom. The fourth-order valence-electron chi connectivity index (χ4n) is 2.32. The second-order valence-corrected chi connectivity index (χ2v) is 6.15. The van der Waals surface area contributed by atoms with Gasteiger partial charge in [-0.2, -0.15) is 0 Å². The van der Waals surface area contributed by atoms with Crippen LogP contribution < -0.4 is 4.90 Å². The van der Waals surface area contributed by atoms with Gasteiger partial charge in [0.15, 0.2) is 0 Å². The number of benzene rings is 3. The number of anilines is 1. The number of hydrogen-bond donors (Lipinski definition) is 0. The minimum absolute atomic E-state index is 0.00352. The Hall–Kier alpha value is -1.88. The zero-order valence-corrected chi connectivity index (χ0v) is 13.7. The fraction of sp³-hybridized carbons (Fsp3) is 0.0556. The van der Waals surface area contributed by atoms with Crippen molar-refractivity contribution in [3.63, 3.8) is 0 Å². The van der Waals surface area contributed by atoms with Crippen LogP contribution in [0, 0.1) is 3.57 Å². The van der Waals surface area contributed by atoms with Crippen LogP contribution in [0.3, 0.4) is 0 Å². The van der Waals surface area contributed by atoms with Crippen molar-refractivity contribution >= 4 is 45.0 Å². The molecule has 3 rings (SSSR count). The maximum atomic E-state index is 12.6. The second kappa shape index (κ2) is 5.85. The topological polar surface area (TPSA) is 20.3 Å². The van der Waals surface area contributed by atoms with Gasteiger partial charge < -0.3 is 4.90 Å². The van der Waals surface area contributed by atoms with Gasteiger partial charge in [-0.3, -0.25) is 4.79 Å². The van der Waals surface area contributed by atoms with E-state index < -0.39 is 0 Å². The second-order valence-electron chi connectivity index (χ2n) is 4.91. The molecule has 0 atom stereocenters. The average Bonchev–Trinajstić information content (AvgIpc) is 2.53. The predicted octanol–water partition coefficient (Wildman–Crippen LogP) is 4.72. The summed E-state index contributed by atoms with van der Waals surface area (Å²) in [6.45, 7) is 0. The Bertz CT molecular complexity index is 813. The number of hydrogen-bond acceptors (Lipinski definition) is 1. The maximum Gasteiger partial charge on any atom is 0.258 e. The van der Waals surface area contributed by atoms with Gasteiger partial charge in [0.25, 0.3) is 5.91 Å². The molecule has 0 aliphatic carbocycles. The molecule has 0 aromatic heterocycles. The van der Waals surface area contributed by atoms with Crippen molar-refractivity contribution in [2.24, 2.45) is 0 Å². The average molecular weight is 387 g/mol. The molecule has 0 fully saturated rings. The fourth-order valence-corrected chi connectivity index (χ4v) is 2.86. The highest BCUT2D eigenvalue weighted by atomic mass is 127. The Balaban J connectivity index is 1.96. The number of carbonyl (C=O) groups excluding carboxylic acids is 1. The zero-order valence-electron chi connectivity index (χ0n) is 11.6. The number of halogens is 1. The van der Waals surface area contributed by atoms with Crippen LogP contribution in [0.4, 0.5) is 5.69 Å². The van der Waals surface area contributed by atoms with Gasteiger partial charge in [-0.05, 0) is 63.7 Å². The van der Waals surface area contributed by atoms with Gasteiger partial charge in [0.05, 0.1) is 0 Å². The van der Waals surface area contributed by atoms with Gasteiger partial charge >= 0.3 is 0 Å². The molecule has 0 N–H and O–H groups in total. The molecule has 0 spiro atoms. The Morgan fingerprint density at radius 3 is 2.43 bits per heavy atom. The SMILES string of the molecule is CN(C(=O)c1cccc(I)c1)c1ccc2ccccc2c1. The molecule has 2 nitrogen and oxygen atoms in total. The lowest BCUT2D eigenvalue weighted by molar-refractivity contribution is 0.0993. The number of amides is 1. The molecule has 3 aromatic rings. The summed E-state index contributed by atoms with van der Waals surface area (Å²) in [5.74, 6) is 0.00352. The van der Waals surface area contributed by atoms with Gasteiger partial charge in [0.2, 0.25) is 0 Å². The van der Waals surface area contributed by atoms with E-state index in [9.17, 15) is 4.79 Å². The first kappa shape index (κ1) is 14.1. The van der Waals surface area contributed by atoms with E-state index in [-0.39, 0.29) is 5.91 Å². The molecule has 0 aliphatic rings. The molecule has 0 unspecified atom stereocenters. The molecule has 0 saturated carbocycles. The lowest BCUT2D eigenvalue weighted by Gasteiger charge is -2.18. The molecule has 0 radical (unpaired) electrons. The molecule has 0 bridgehead atoms. The van der Waals surface area contributed by atoms with E-state index in [0.29, 0.717) is 5.56 Å². The zero-order chi connectivity index (χ0) is 14.8. The normalized spacial score (nSPS) is 10.6. The van der Waals surface area contributed by atoms with Crippen molar-refractivity contribution in [1.82, 2.24) is 0 Å². The number of nitrogens with zero attached hydrogens (tertiary/aromatic N) is 1. The molecule has 21 heavy (non-hydrogen) atoms. The summed E-state index contributed by atoms with van der Waals surface area (Å²) in [7, 11) is 1.81. The first-order valence-electron chi connectivity index (χ1n) is 6.67. The summed E-state index contributed by atoms with van der Waals surface area (Å²) in [5.41, 5.74) is 1.61. The smallest absolute Gasteiger partial charge is 0.258 e. The quantitative estimate of drug-likeness (QED) is 0.583. The highest BCUT2D eigenvalue weighted by Gasteiger charge is 2.13. The maximum absolute atomic E-state index is 12.6. The minimum Gasteiger partial charge on any atom is -0.311 e. The summed E-state index contributed by atoms with van der Waals surface area (Å²) in [5, 5.41) is 2.31. The van der Waals surface area contributed by atoms with Crippen LogP contribution in [0.1, 0.15) is 10.4 Å². The number of carbonyl (C=O) groups is 1. The monoisotopic (exact) mass is 387 g/mol. The molecule has 0 saturated heterocycles. The highest BCUT2D eigenvalue weighted by Crippen LogP contribution is 2.22. The van der Waals surface area contributed by atoms with Crippen LogP contribution in [0.2, 0.25) is 0 Å². The third-order valence-corrected chi connectivity index (χ3v) is 4.17. The Kier molecular flexibility index (Phi) is 3.92. The molecule has 3 heteroatoms. The number of rotatable bonds is 2. The van der Waals surface area contributed by atoms with Crippen LogP contribution in [0.25, 0.3) is 10.8 Å². The largest absolute Gasteiger partial charge is 0.311 e. The molecule has 104 valence electrons. The van der Waals surface area contributed by atoms with Crippen LogP contribution in [0.5, 0.6) is 0 Å². The molecule has 0 heterocycles. The summed E-state index contributed by atoms with van der Waals surface area (Å²) >= 11 is 2.22. The Morgan fingerprint density at radius 1 is 0.905 bits per heavy atom. The summed E-state index contributed by atoms with van der Waals surface area (Å²) in [6, 6.07) is 21.9. The summed E-state index contributed by atoms with van der Waals surface area (Å²) < 4.78 is 1.06. The van der Waals surface area contributed by atoms with Crippen molar-refractivity contribution in [1.29, 1.82) is 0 Å². The highest BCUT2D eigenvalue weighted by molar-refractivity contribution is 14.1. The standard InChI is InChI=1S/C18H14INO/c1-20(18(21)15-7-4-8-16(19)11-15)17-10-9-13-5-2-3-6-14(13)12-17/h2-12H,1H3. The van der Waals surface area contributed by atoms with Gasteiger partial charge in [0, 0.05) is 21.9 Å². The van der Waals surface area contributed by atoms with E-state index in [2.05, 4.69) is 34.7 Å². The molecular weight excluding hydrogens is 373 g/mol. The van der Waals surface area contributed by atoms with Gasteiger partial charge in [0.1, 0.15) is 0 Å². The molecule has 3 aromatic carbocycles. The van der Waals surface area contributed by atoms with Gasteiger partial charge in [-0.15, -0.1) is 0 Å². The van der Waals surface area contributed by atoms with E-state index >= 15 is 0 Å². The van der Waals surface area contributed by atoms with Crippen molar-refractivity contribution in [2.75, 3.05) is 11.9 Å². The van der Waals surface area contributed by atoms with Crippen molar-refractivity contribution in [3.05, 3.63) is 75.9 Å². The first-order chi connectivity index (χ1) is 10.1. The van der Waals surface area contributed by atoms with Crippen molar-refractivity contribution in [3.8, 4) is 0 Å². The number of fused-ring (bicyclic) bond motifs is 1. The summed E-state index contributed by atoms with van der Waals surface area (Å²) in [6.07, 6.45) is 0. The predicted molar refractivity (Wildman–Crippen MR) is 95.8 cm³/mol. The van der Waals surface area contributed by atoms with Crippen LogP contribution in [-0.2, 0) is 0 Å². The first-order valence-corrected chi connectivity index (χ1v) is 7.75. The third-order valence-electron chi connectivity index (χ3n) is 3.50. The third kappa shape index (κ3) is 2.93. The van der Waals surface area contributed by atoms with Gasteiger partial charge in [-0.25, -0.2) is 0 Å². The van der Waals surface area contributed by atoms with Crippen LogP contribution in [0.15, 0.2) is 66.7 Å². The van der Waals surface area contributed by atoms with E-state index in [1.807, 2.05) is 61.6 Å². The van der Waals surface area contributed by atoms with E-state index in [1.54, 1.807) is 4.90 Å². The van der Waals surface area contributed by atoms with Crippen LogP contribution >= 0.6 is 22.6 Å². The van der Waals surface area contributed by atoms with Gasteiger partial charge in [-0.1, -0.05) is 36.4 Å². The van der Waals surface area contributed by atoms with E-state index in [4.69, 9.17) is 0 Å². The minimum atomic E-state index is 0.00352. The Labute approximate surface area is 137 Å². The van der Waals surface area contributed by atoms with Crippen LogP contribution in [-0.4, -0.2) is 13.0 Å². The van der Waals surface area contributed by atoms with E-state index in [1.165, 1.54) is 5.39 Å². The summed E-state index contributed by atoms with van der Waals surface area (Å²) in [4.78, 5) is 14.2. The van der Waals surface area contributed by atoms with Crippen molar-refractivity contribution < 1.29 is 4.79 Å². The molecule has 1 amide bonds. The molecular formula is C18H14INO. The lowest BCUT2D eigenvalue weighted by atomic mass is 10.1. The lowest BCUT2D eigenvalue weighted by Crippen LogP contribution is -2.26.